The highest BCUT2D eigenvalue weighted by molar-refractivity contribution is 5.76. The van der Waals surface area contributed by atoms with Crippen LogP contribution in [0.2, 0.25) is 0 Å². The highest BCUT2D eigenvalue weighted by Crippen LogP contribution is 2.18. The van der Waals surface area contributed by atoms with E-state index in [1.54, 1.807) is 12.1 Å². The number of hydrogen-bond donors (Lipinski definition) is 1. The first-order chi connectivity index (χ1) is 12.1. The second-order valence-electron chi connectivity index (χ2n) is 7.07. The summed E-state index contributed by atoms with van der Waals surface area (Å²) in [4.78, 5) is 14.4. The van der Waals surface area contributed by atoms with Crippen molar-refractivity contribution in [3.8, 4) is 5.75 Å². The Balaban J connectivity index is 1.56. The van der Waals surface area contributed by atoms with E-state index in [4.69, 9.17) is 4.74 Å². The van der Waals surface area contributed by atoms with E-state index < -0.39 is 0 Å². The van der Waals surface area contributed by atoms with Crippen LogP contribution in [-0.2, 0) is 11.2 Å². The minimum atomic E-state index is -0.382. The number of carbonyl (C=O) groups is 1. The first-order valence-electron chi connectivity index (χ1n) is 9.40. The number of amides is 1. The van der Waals surface area contributed by atoms with E-state index in [2.05, 4.69) is 17.1 Å². The number of aryl methyl sites for hydroxylation is 1. The molecule has 0 aromatic heterocycles. The maximum Gasteiger partial charge on any atom is 0.220 e. The van der Waals surface area contributed by atoms with E-state index >= 15 is 0 Å². The molecule has 2 rings (SSSR count). The third-order valence-electron chi connectivity index (χ3n) is 4.82. The van der Waals surface area contributed by atoms with Crippen LogP contribution in [0.25, 0.3) is 0 Å². The van der Waals surface area contributed by atoms with Crippen LogP contribution in [0.4, 0.5) is 4.39 Å². The van der Waals surface area contributed by atoms with Crippen molar-refractivity contribution >= 4 is 5.91 Å². The summed E-state index contributed by atoms with van der Waals surface area (Å²) in [6.07, 6.45) is 5.72. The molecule has 0 spiro atoms. The van der Waals surface area contributed by atoms with Crippen molar-refractivity contribution in [3.63, 3.8) is 0 Å². The summed E-state index contributed by atoms with van der Waals surface area (Å²) < 4.78 is 18.5. The molecule has 1 heterocycles. The van der Waals surface area contributed by atoms with Crippen LogP contribution in [-0.4, -0.2) is 44.1 Å². The Bertz CT molecular complexity index is 550. The summed E-state index contributed by atoms with van der Waals surface area (Å²) in [7, 11) is 1.44. The number of ether oxygens (including phenoxy) is 1. The van der Waals surface area contributed by atoms with Crippen molar-refractivity contribution in [3.05, 3.63) is 29.6 Å². The molecule has 0 radical (unpaired) electrons. The second kappa shape index (κ2) is 10.4. The van der Waals surface area contributed by atoms with Gasteiger partial charge in [0.05, 0.1) is 7.11 Å². The van der Waals surface area contributed by atoms with Gasteiger partial charge in [0.15, 0.2) is 11.6 Å². The van der Waals surface area contributed by atoms with Gasteiger partial charge in [0, 0.05) is 19.5 Å². The summed E-state index contributed by atoms with van der Waals surface area (Å²) >= 11 is 0. The van der Waals surface area contributed by atoms with Gasteiger partial charge in [0.25, 0.3) is 0 Å². The topological polar surface area (TPSA) is 41.6 Å². The predicted octanol–water partition coefficient (Wildman–Crippen LogP) is 3.40. The lowest BCUT2D eigenvalue weighted by Gasteiger charge is -2.30. The first kappa shape index (κ1) is 19.7. The van der Waals surface area contributed by atoms with Gasteiger partial charge in [-0.25, -0.2) is 4.39 Å². The number of methoxy groups -OCH3 is 1. The van der Waals surface area contributed by atoms with Crippen LogP contribution in [0.15, 0.2) is 18.2 Å². The van der Waals surface area contributed by atoms with Crippen LogP contribution in [0.5, 0.6) is 5.75 Å². The van der Waals surface area contributed by atoms with Gasteiger partial charge in [0.1, 0.15) is 0 Å². The van der Waals surface area contributed by atoms with Crippen molar-refractivity contribution < 1.29 is 13.9 Å². The number of nitrogens with zero attached hydrogens (tertiary/aromatic N) is 1. The quantitative estimate of drug-likeness (QED) is 0.694. The van der Waals surface area contributed by atoms with E-state index in [0.717, 1.165) is 37.4 Å². The van der Waals surface area contributed by atoms with Crippen molar-refractivity contribution in [1.29, 1.82) is 0 Å². The number of carbonyl (C=O) groups excluding carboxylic acids is 1. The molecule has 1 fully saturated rings. The summed E-state index contributed by atoms with van der Waals surface area (Å²) in [6.45, 7) is 6.60. The van der Waals surface area contributed by atoms with Crippen LogP contribution >= 0.6 is 0 Å². The Morgan fingerprint density at radius 1 is 1.40 bits per heavy atom. The summed E-state index contributed by atoms with van der Waals surface area (Å²) in [6, 6.07) is 4.84. The molecular weight excluding hydrogens is 319 g/mol. The molecular formula is C20H31FN2O2. The van der Waals surface area contributed by atoms with Crippen molar-refractivity contribution in [2.75, 3.05) is 33.3 Å². The molecule has 0 saturated carbocycles. The molecule has 1 atom stereocenters. The van der Waals surface area contributed by atoms with Crippen LogP contribution < -0.4 is 10.1 Å². The first-order valence-corrected chi connectivity index (χ1v) is 9.40. The van der Waals surface area contributed by atoms with Crippen molar-refractivity contribution in [2.24, 2.45) is 5.92 Å². The molecule has 5 heteroatoms. The van der Waals surface area contributed by atoms with Gasteiger partial charge in [-0.2, -0.15) is 0 Å². The highest BCUT2D eigenvalue weighted by atomic mass is 19.1. The van der Waals surface area contributed by atoms with Gasteiger partial charge in [-0.3, -0.25) is 4.79 Å². The summed E-state index contributed by atoms with van der Waals surface area (Å²) in [5, 5.41) is 2.96. The molecule has 1 amide bonds. The zero-order valence-electron chi connectivity index (χ0n) is 15.5. The third-order valence-corrected chi connectivity index (χ3v) is 4.82. The fraction of sp³-hybridized carbons (Fsp3) is 0.650. The minimum Gasteiger partial charge on any atom is -0.494 e. The van der Waals surface area contributed by atoms with Gasteiger partial charge in [-0.1, -0.05) is 13.0 Å². The Hall–Kier alpha value is -1.62. The molecule has 1 aliphatic rings. The molecule has 1 N–H and O–H groups in total. The number of halogens is 1. The molecule has 1 unspecified atom stereocenters. The number of nitrogens with one attached hydrogen (secondary N) is 1. The summed E-state index contributed by atoms with van der Waals surface area (Å²) in [5.74, 6) is 0.697. The van der Waals surface area contributed by atoms with Crippen molar-refractivity contribution in [1.82, 2.24) is 10.2 Å². The highest BCUT2D eigenvalue weighted by Gasteiger charge is 2.15. The van der Waals surface area contributed by atoms with Gasteiger partial charge < -0.3 is 15.0 Å². The zero-order valence-corrected chi connectivity index (χ0v) is 15.5. The largest absolute Gasteiger partial charge is 0.494 e. The second-order valence-corrected chi connectivity index (χ2v) is 7.07. The number of likely N-dealkylation sites (tertiary alicyclic amines) is 1. The number of benzene rings is 1. The zero-order chi connectivity index (χ0) is 18.1. The smallest absolute Gasteiger partial charge is 0.220 e. The number of rotatable bonds is 9. The van der Waals surface area contributed by atoms with E-state index in [-0.39, 0.29) is 17.5 Å². The minimum absolute atomic E-state index is 0.0304. The monoisotopic (exact) mass is 350 g/mol. The van der Waals surface area contributed by atoms with E-state index in [9.17, 15) is 9.18 Å². The average Bonchev–Trinajstić information content (AvgIpc) is 2.60. The predicted molar refractivity (Wildman–Crippen MR) is 98.4 cm³/mol. The number of piperidine rings is 1. The average molecular weight is 350 g/mol. The van der Waals surface area contributed by atoms with Gasteiger partial charge in [0.2, 0.25) is 5.91 Å². The molecule has 1 aromatic carbocycles. The molecule has 1 aliphatic heterocycles. The molecule has 1 aromatic rings. The molecule has 4 nitrogen and oxygen atoms in total. The SMILES string of the molecule is COc1ccc(CCC(=O)NCCCCN2CCCC(C)C2)cc1F. The van der Waals surface area contributed by atoms with Crippen molar-refractivity contribution in [2.45, 2.75) is 45.4 Å². The third kappa shape index (κ3) is 7.02. The molecule has 1 saturated heterocycles. The fourth-order valence-corrected chi connectivity index (χ4v) is 3.39. The fourth-order valence-electron chi connectivity index (χ4n) is 3.39. The lowest BCUT2D eigenvalue weighted by molar-refractivity contribution is -0.121. The van der Waals surface area contributed by atoms with E-state index in [1.807, 2.05) is 0 Å². The van der Waals surface area contributed by atoms with Gasteiger partial charge in [-0.05, 0) is 68.8 Å². The lowest BCUT2D eigenvalue weighted by Crippen LogP contribution is -2.35. The Labute approximate surface area is 150 Å². The molecule has 0 aliphatic carbocycles. The normalized spacial score (nSPS) is 18.1. The standard InChI is InChI=1S/C20H31FN2O2/c1-16-6-5-13-23(15-16)12-4-3-11-22-20(24)10-8-17-7-9-19(25-2)18(21)14-17/h7,9,14,16H,3-6,8,10-13,15H2,1-2H3,(H,22,24). The lowest BCUT2D eigenvalue weighted by atomic mass is 10.0. The summed E-state index contributed by atoms with van der Waals surface area (Å²) in [5.41, 5.74) is 0.813. The Morgan fingerprint density at radius 2 is 2.24 bits per heavy atom. The van der Waals surface area contributed by atoms with Crippen LogP contribution in [0.3, 0.4) is 0 Å². The van der Waals surface area contributed by atoms with Gasteiger partial charge in [-0.15, -0.1) is 0 Å². The van der Waals surface area contributed by atoms with Gasteiger partial charge >= 0.3 is 0 Å². The molecule has 0 bridgehead atoms. The maximum atomic E-state index is 13.6. The van der Waals surface area contributed by atoms with E-state index in [1.165, 1.54) is 39.1 Å². The maximum absolute atomic E-state index is 13.6. The van der Waals surface area contributed by atoms with Crippen LogP contribution in [0.1, 0.15) is 44.6 Å². The number of unbranched alkanes of at least 4 members (excludes halogenated alkanes) is 1. The number of hydrogen-bond acceptors (Lipinski definition) is 3. The Kier molecular flexibility index (Phi) is 8.19. The Morgan fingerprint density at radius 3 is 2.96 bits per heavy atom. The molecule has 140 valence electrons. The molecule has 25 heavy (non-hydrogen) atoms. The van der Waals surface area contributed by atoms with E-state index in [0.29, 0.717) is 12.8 Å². The van der Waals surface area contributed by atoms with Crippen LogP contribution in [0, 0.1) is 11.7 Å².